The van der Waals surface area contributed by atoms with E-state index in [1.165, 1.54) is 187 Å². The van der Waals surface area contributed by atoms with Gasteiger partial charge in [0.25, 0.3) is 0 Å². The van der Waals surface area contributed by atoms with Crippen LogP contribution < -0.4 is 9.80 Å². The zero-order chi connectivity index (χ0) is 67.4. The topological polar surface area (TPSA) is 6.48 Å². The van der Waals surface area contributed by atoms with E-state index in [1.807, 2.05) is 0 Å². The van der Waals surface area contributed by atoms with Gasteiger partial charge in [-0.25, -0.2) is 0 Å². The smallest absolute Gasteiger partial charge is 0.0468 e. The third-order valence-corrected chi connectivity index (χ3v) is 23.8. The molecule has 2 nitrogen and oxygen atoms in total. The zero-order valence-electron chi connectivity index (χ0n) is 57.1. The minimum atomic E-state index is -0.273. The summed E-state index contributed by atoms with van der Waals surface area (Å²) in [6.07, 6.45) is 0. The van der Waals surface area contributed by atoms with E-state index in [2.05, 4.69) is 365 Å². The quantitative estimate of drug-likeness (QED) is 0.140. The van der Waals surface area contributed by atoms with Crippen molar-refractivity contribution in [1.29, 1.82) is 0 Å². The Morgan fingerprint density at radius 1 is 0.186 bits per heavy atom. The van der Waals surface area contributed by atoms with Crippen molar-refractivity contribution in [3.05, 3.63) is 350 Å². The van der Waals surface area contributed by atoms with E-state index in [-0.39, 0.29) is 10.8 Å². The molecule has 0 saturated heterocycles. The number of hydrogen-bond donors (Lipinski definition) is 0. The Morgan fingerprint density at radius 3 is 1.02 bits per heavy atom. The average molecular weight is 1300 g/mol. The van der Waals surface area contributed by atoms with E-state index < -0.39 is 0 Å². The lowest BCUT2D eigenvalue weighted by atomic mass is 9.80. The SMILES string of the molecule is CC1(C)c2cc(N(c3ccccc3)c3ccc4c(-c5ccc6c7c(cccc57)-c5ccccc5-6)c5cc(N(c6ccc7c(c6)C(C)(C)c6c-7ccc7ccccc67)c6ccc7ccccc7c6)ccc5c(-c5ccc6c7c(cccc57)-c5ccccc5-6)c4c3)ccc2-c2ccc3ccccc3c21. The maximum absolute atomic E-state index is 2.55. The number of anilines is 6. The average Bonchev–Trinajstić information content (AvgIpc) is 0.900. The van der Waals surface area contributed by atoms with Crippen molar-refractivity contribution in [2.24, 2.45) is 0 Å². The van der Waals surface area contributed by atoms with Gasteiger partial charge in [-0.1, -0.05) is 282 Å². The minimum absolute atomic E-state index is 0.258. The van der Waals surface area contributed by atoms with E-state index in [0.29, 0.717) is 0 Å². The molecule has 0 amide bonds. The van der Waals surface area contributed by atoms with Crippen LogP contribution in [0.5, 0.6) is 0 Å². The molecule has 0 bridgehead atoms. The summed E-state index contributed by atoms with van der Waals surface area (Å²) < 4.78 is 0. The van der Waals surface area contributed by atoms with Crippen LogP contribution in [0.25, 0.3) is 164 Å². The summed E-state index contributed by atoms with van der Waals surface area (Å²) in [4.78, 5) is 5.05. The molecule has 0 radical (unpaired) electrons. The highest BCUT2D eigenvalue weighted by Gasteiger charge is 2.40. The first-order valence-corrected chi connectivity index (χ1v) is 36.0. The Morgan fingerprint density at radius 2 is 0.520 bits per heavy atom. The maximum Gasteiger partial charge on any atom is 0.0468 e. The molecule has 0 fully saturated rings. The van der Waals surface area contributed by atoms with Crippen LogP contribution in [-0.4, -0.2) is 0 Å². The third-order valence-electron chi connectivity index (χ3n) is 23.8. The molecule has 18 aromatic rings. The van der Waals surface area contributed by atoms with Crippen molar-refractivity contribution in [2.75, 3.05) is 9.80 Å². The minimum Gasteiger partial charge on any atom is -0.310 e. The van der Waals surface area contributed by atoms with Gasteiger partial charge in [0.2, 0.25) is 0 Å². The summed E-state index contributed by atoms with van der Waals surface area (Å²) in [5.41, 5.74) is 31.9. The van der Waals surface area contributed by atoms with Crippen molar-refractivity contribution in [3.63, 3.8) is 0 Å². The van der Waals surface area contributed by atoms with Gasteiger partial charge in [-0.2, -0.15) is 0 Å². The Hall–Kier alpha value is -12.6. The monoisotopic (exact) mass is 1290 g/mol. The summed E-state index contributed by atoms with van der Waals surface area (Å²) in [6.45, 7) is 9.70. The summed E-state index contributed by atoms with van der Waals surface area (Å²) in [5.74, 6) is 0. The first kappa shape index (κ1) is 57.3. The maximum atomic E-state index is 2.55. The number of fused-ring (bicyclic) bond motifs is 19. The molecule has 0 aliphatic heterocycles. The predicted molar refractivity (Wildman–Crippen MR) is 433 cm³/mol. The summed E-state index contributed by atoms with van der Waals surface area (Å²) in [5, 5.41) is 17.4. The van der Waals surface area contributed by atoms with Gasteiger partial charge in [0.1, 0.15) is 0 Å². The fourth-order valence-electron chi connectivity index (χ4n) is 19.4. The summed E-state index contributed by atoms with van der Waals surface area (Å²) >= 11 is 0. The standard InChI is InChI=1S/C100H66N2/c1-99(2)91-57-67(40-46-75(91)87-44-37-60-21-10-12-26-69(60)97(87)99)101(63-24-6-5-7-25-63)65-42-48-85-89(55-65)95(83-52-50-81-73-30-16-14-28-71(73)77-32-18-34-79(83)93(77)81)86-49-43-66(56-90(86)96(85)84-53-51-82-74-31-17-15-29-72(74)78-33-19-35-80(84)94(78)82)102(64-39-36-59-20-8-9-23-62(59)54-64)68-41-47-76-88-45-38-61-22-11-13-27-70(61)98(88)100(3,4)92(76)58-68/h5-58H,1-4H3. The number of nitrogens with zero attached hydrogens (tertiary/aromatic N) is 2. The first-order chi connectivity index (χ1) is 50.1. The molecule has 102 heavy (non-hydrogen) atoms. The van der Waals surface area contributed by atoms with Crippen LogP contribution in [0.3, 0.4) is 0 Å². The molecule has 476 valence electrons. The van der Waals surface area contributed by atoms with Gasteiger partial charge in [-0.3, -0.25) is 0 Å². The van der Waals surface area contributed by atoms with E-state index in [9.17, 15) is 0 Å². The van der Waals surface area contributed by atoms with E-state index in [1.54, 1.807) is 0 Å². The summed E-state index contributed by atoms with van der Waals surface area (Å²) in [6, 6.07) is 125. The molecule has 18 aromatic carbocycles. The molecule has 22 rings (SSSR count). The molecular weight excluding hydrogens is 1230 g/mol. The second-order valence-corrected chi connectivity index (χ2v) is 29.7. The van der Waals surface area contributed by atoms with Crippen molar-refractivity contribution < 1.29 is 0 Å². The molecule has 0 aromatic heterocycles. The lowest BCUT2D eigenvalue weighted by molar-refractivity contribution is 0.666. The van der Waals surface area contributed by atoms with Crippen LogP contribution in [-0.2, 0) is 10.8 Å². The fourth-order valence-corrected chi connectivity index (χ4v) is 19.4. The van der Waals surface area contributed by atoms with Crippen molar-refractivity contribution in [2.45, 2.75) is 38.5 Å². The Balaban J connectivity index is 0.843. The highest BCUT2D eigenvalue weighted by Crippen LogP contribution is 2.59. The second kappa shape index (κ2) is 21.0. The van der Waals surface area contributed by atoms with E-state index in [0.717, 1.165) is 34.1 Å². The van der Waals surface area contributed by atoms with Crippen molar-refractivity contribution >= 4 is 110 Å². The van der Waals surface area contributed by atoms with Crippen LogP contribution >= 0.6 is 0 Å². The Bertz CT molecular complexity index is 6700. The fraction of sp³-hybridized carbons (Fsp3) is 0.0600. The van der Waals surface area contributed by atoms with E-state index in [4.69, 9.17) is 0 Å². The number of hydrogen-bond acceptors (Lipinski definition) is 2. The van der Waals surface area contributed by atoms with Gasteiger partial charge in [-0.15, -0.1) is 0 Å². The molecule has 0 unspecified atom stereocenters. The van der Waals surface area contributed by atoms with Gasteiger partial charge in [0.05, 0.1) is 0 Å². The van der Waals surface area contributed by atoms with Crippen LogP contribution in [0.15, 0.2) is 328 Å². The van der Waals surface area contributed by atoms with Crippen LogP contribution in [0.1, 0.15) is 49.9 Å². The zero-order valence-corrected chi connectivity index (χ0v) is 57.1. The van der Waals surface area contributed by atoms with Crippen molar-refractivity contribution in [1.82, 2.24) is 0 Å². The van der Waals surface area contributed by atoms with E-state index >= 15 is 0 Å². The molecule has 0 saturated carbocycles. The molecular formula is C100H66N2. The number of para-hydroxylation sites is 1. The van der Waals surface area contributed by atoms with Gasteiger partial charge in [0, 0.05) is 45.0 Å². The third kappa shape index (κ3) is 7.89. The lowest BCUT2D eigenvalue weighted by Crippen LogP contribution is -2.17. The normalized spacial score (nSPS) is 13.6. The molecule has 4 aliphatic rings. The number of rotatable bonds is 8. The molecule has 0 N–H and O–H groups in total. The Kier molecular flexibility index (Phi) is 11.8. The van der Waals surface area contributed by atoms with Crippen molar-refractivity contribution in [3.8, 4) is 89.0 Å². The van der Waals surface area contributed by atoms with Crippen LogP contribution in [0.2, 0.25) is 0 Å². The summed E-state index contributed by atoms with van der Waals surface area (Å²) in [7, 11) is 0. The lowest BCUT2D eigenvalue weighted by Gasteiger charge is -2.30. The molecule has 0 spiro atoms. The van der Waals surface area contributed by atoms with Crippen LogP contribution in [0, 0.1) is 0 Å². The van der Waals surface area contributed by atoms with Gasteiger partial charge < -0.3 is 9.80 Å². The number of benzene rings is 18. The van der Waals surface area contributed by atoms with Crippen LogP contribution in [0.4, 0.5) is 34.1 Å². The highest BCUT2D eigenvalue weighted by atomic mass is 15.1. The first-order valence-electron chi connectivity index (χ1n) is 36.0. The highest BCUT2D eigenvalue weighted by molar-refractivity contribution is 6.30. The second-order valence-electron chi connectivity index (χ2n) is 29.7. The molecule has 0 atom stereocenters. The molecule has 2 heteroatoms. The molecule has 0 heterocycles. The molecule has 4 aliphatic carbocycles. The van der Waals surface area contributed by atoms with Gasteiger partial charge in [-0.05, 0) is 259 Å². The largest absolute Gasteiger partial charge is 0.310 e. The Labute approximate surface area is 592 Å². The predicted octanol–water partition coefficient (Wildman–Crippen LogP) is 27.9. The van der Waals surface area contributed by atoms with Gasteiger partial charge in [0.15, 0.2) is 0 Å². The van der Waals surface area contributed by atoms with Gasteiger partial charge >= 0.3 is 0 Å².